The van der Waals surface area contributed by atoms with Crippen LogP contribution >= 0.6 is 0 Å². The average molecular weight is 323 g/mol. The van der Waals surface area contributed by atoms with Crippen LogP contribution in [-0.4, -0.2) is 35.5 Å². The number of carbonyl (C=O) groups is 2. The van der Waals surface area contributed by atoms with Gasteiger partial charge in [0.2, 0.25) is 0 Å². The Labute approximate surface area is 134 Å². The van der Waals surface area contributed by atoms with Crippen LogP contribution in [0.2, 0.25) is 0 Å². The van der Waals surface area contributed by atoms with E-state index in [0.29, 0.717) is 5.69 Å². The molecule has 8 nitrogen and oxygen atoms in total. The van der Waals surface area contributed by atoms with E-state index in [0.717, 1.165) is 6.07 Å². The molecule has 8 heteroatoms. The van der Waals surface area contributed by atoms with Crippen molar-refractivity contribution >= 4 is 23.3 Å². The van der Waals surface area contributed by atoms with Crippen LogP contribution in [0.4, 0.5) is 11.4 Å². The predicted molar refractivity (Wildman–Crippen MR) is 85.4 cm³/mol. The van der Waals surface area contributed by atoms with Gasteiger partial charge in [0.05, 0.1) is 10.5 Å². The summed E-state index contributed by atoms with van der Waals surface area (Å²) in [5, 5.41) is 16.3. The third-order valence-corrected chi connectivity index (χ3v) is 2.85. The molecule has 1 amide bonds. The Morgan fingerprint density at radius 3 is 2.39 bits per heavy atom. The largest absolute Gasteiger partial charge is 0.449 e. The van der Waals surface area contributed by atoms with Crippen molar-refractivity contribution in [1.29, 1.82) is 0 Å². The summed E-state index contributed by atoms with van der Waals surface area (Å²) in [6, 6.07) is 3.80. The van der Waals surface area contributed by atoms with E-state index in [1.807, 2.05) is 0 Å². The number of ether oxygens (including phenoxy) is 1. The molecule has 0 saturated carbocycles. The third kappa shape index (κ3) is 5.24. The lowest BCUT2D eigenvalue weighted by Crippen LogP contribution is -2.46. The highest BCUT2D eigenvalue weighted by molar-refractivity contribution is 5.98. The minimum absolute atomic E-state index is 0.00268. The number of nitro groups is 1. The molecule has 2 N–H and O–H groups in total. The number of benzene rings is 1. The highest BCUT2D eigenvalue weighted by Crippen LogP contribution is 2.23. The summed E-state index contributed by atoms with van der Waals surface area (Å²) in [7, 11) is 1.58. The van der Waals surface area contributed by atoms with Gasteiger partial charge in [-0.05, 0) is 33.8 Å². The molecule has 23 heavy (non-hydrogen) atoms. The number of nitrogens with one attached hydrogen (secondary N) is 2. The van der Waals surface area contributed by atoms with E-state index in [1.165, 1.54) is 19.1 Å². The minimum atomic E-state index is -1.02. The maximum absolute atomic E-state index is 12.2. The minimum Gasteiger partial charge on any atom is -0.449 e. The van der Waals surface area contributed by atoms with Gasteiger partial charge in [0.15, 0.2) is 6.10 Å². The molecule has 126 valence electrons. The van der Waals surface area contributed by atoms with Crippen molar-refractivity contribution in [3.8, 4) is 0 Å². The number of nitro benzene ring substituents is 1. The van der Waals surface area contributed by atoms with E-state index in [2.05, 4.69) is 10.6 Å². The normalized spacial score (nSPS) is 12.2. The molecule has 0 aliphatic carbocycles. The first-order chi connectivity index (χ1) is 10.5. The molecule has 0 bridgehead atoms. The molecule has 0 heterocycles. The second-order valence-corrected chi connectivity index (χ2v) is 6.02. The highest BCUT2D eigenvalue weighted by Gasteiger charge is 2.25. The molecular formula is C15H21N3O5. The summed E-state index contributed by atoms with van der Waals surface area (Å²) in [6.45, 7) is 6.85. The molecule has 0 aliphatic rings. The molecule has 0 saturated heterocycles. The fourth-order valence-electron chi connectivity index (χ4n) is 1.78. The van der Waals surface area contributed by atoms with Crippen LogP contribution in [-0.2, 0) is 9.53 Å². The molecule has 0 fully saturated rings. The number of esters is 1. The Hall–Kier alpha value is -2.64. The second-order valence-electron chi connectivity index (χ2n) is 6.02. The number of amides is 1. The van der Waals surface area contributed by atoms with Crippen LogP contribution in [0.1, 0.15) is 38.1 Å². The monoisotopic (exact) mass is 323 g/mol. The number of hydrogen-bond donors (Lipinski definition) is 2. The van der Waals surface area contributed by atoms with Crippen molar-refractivity contribution < 1.29 is 19.2 Å². The van der Waals surface area contributed by atoms with Crippen LogP contribution in [0.15, 0.2) is 18.2 Å². The summed E-state index contributed by atoms with van der Waals surface area (Å²) < 4.78 is 5.11. The Kier molecular flexibility index (Phi) is 5.67. The van der Waals surface area contributed by atoms with Gasteiger partial charge in [-0.2, -0.15) is 0 Å². The van der Waals surface area contributed by atoms with Crippen molar-refractivity contribution in [2.75, 3.05) is 12.4 Å². The molecule has 1 aromatic rings. The molecule has 1 aromatic carbocycles. The van der Waals surface area contributed by atoms with E-state index >= 15 is 0 Å². The van der Waals surface area contributed by atoms with Crippen LogP contribution < -0.4 is 10.6 Å². The number of nitrogens with zero attached hydrogens (tertiary/aromatic N) is 1. The Bertz CT molecular complexity index is 622. The number of hydrogen-bond acceptors (Lipinski definition) is 6. The molecule has 0 aromatic heterocycles. The highest BCUT2D eigenvalue weighted by atomic mass is 16.6. The molecular weight excluding hydrogens is 302 g/mol. The van der Waals surface area contributed by atoms with Gasteiger partial charge < -0.3 is 15.4 Å². The van der Waals surface area contributed by atoms with Crippen LogP contribution in [0, 0.1) is 10.1 Å². The zero-order chi connectivity index (χ0) is 17.8. The van der Waals surface area contributed by atoms with E-state index < -0.39 is 28.4 Å². The van der Waals surface area contributed by atoms with Crippen molar-refractivity contribution in [2.45, 2.75) is 39.3 Å². The first kappa shape index (κ1) is 18.4. The second kappa shape index (κ2) is 7.08. The average Bonchev–Trinajstić information content (AvgIpc) is 2.44. The third-order valence-electron chi connectivity index (χ3n) is 2.85. The smallest absolute Gasteiger partial charge is 0.341 e. The molecule has 0 spiro atoms. The lowest BCUT2D eigenvalue weighted by atomic mass is 10.1. The van der Waals surface area contributed by atoms with Gasteiger partial charge >= 0.3 is 5.97 Å². The zero-order valence-corrected chi connectivity index (χ0v) is 13.8. The lowest BCUT2D eigenvalue weighted by molar-refractivity contribution is -0.384. The Morgan fingerprint density at radius 2 is 1.91 bits per heavy atom. The van der Waals surface area contributed by atoms with Crippen LogP contribution in [0.3, 0.4) is 0 Å². The summed E-state index contributed by atoms with van der Waals surface area (Å²) in [4.78, 5) is 34.4. The maximum atomic E-state index is 12.2. The molecule has 1 rings (SSSR count). The maximum Gasteiger partial charge on any atom is 0.341 e. The van der Waals surface area contributed by atoms with E-state index in [1.54, 1.807) is 27.8 Å². The Balaban J connectivity index is 2.94. The van der Waals surface area contributed by atoms with Gasteiger partial charge in [-0.15, -0.1) is 0 Å². The number of carbonyl (C=O) groups excluding carboxylic acids is 2. The first-order valence-corrected chi connectivity index (χ1v) is 7.04. The Morgan fingerprint density at radius 1 is 1.30 bits per heavy atom. The fraction of sp³-hybridized carbons (Fsp3) is 0.467. The van der Waals surface area contributed by atoms with Gasteiger partial charge in [0.25, 0.3) is 11.6 Å². The molecule has 1 atom stereocenters. The summed E-state index contributed by atoms with van der Waals surface area (Å²) >= 11 is 0. The van der Waals surface area contributed by atoms with E-state index in [9.17, 15) is 19.7 Å². The molecule has 0 unspecified atom stereocenters. The van der Waals surface area contributed by atoms with Gasteiger partial charge in [0, 0.05) is 30.4 Å². The van der Waals surface area contributed by atoms with Gasteiger partial charge in [-0.3, -0.25) is 14.9 Å². The summed E-state index contributed by atoms with van der Waals surface area (Å²) in [6.07, 6.45) is -1.02. The zero-order valence-electron chi connectivity index (χ0n) is 13.8. The fourth-order valence-corrected chi connectivity index (χ4v) is 1.78. The van der Waals surface area contributed by atoms with E-state index in [-0.39, 0.29) is 11.3 Å². The topological polar surface area (TPSA) is 111 Å². The first-order valence-electron chi connectivity index (χ1n) is 7.04. The predicted octanol–water partition coefficient (Wildman–Crippen LogP) is 2.10. The van der Waals surface area contributed by atoms with E-state index in [4.69, 9.17) is 4.74 Å². The van der Waals surface area contributed by atoms with Crippen molar-refractivity contribution in [3.05, 3.63) is 33.9 Å². The van der Waals surface area contributed by atoms with Crippen LogP contribution in [0.25, 0.3) is 0 Å². The lowest BCUT2D eigenvalue weighted by Gasteiger charge is -2.23. The van der Waals surface area contributed by atoms with Gasteiger partial charge in [0.1, 0.15) is 0 Å². The standard InChI is InChI=1S/C15H21N3O5/c1-9(13(19)17-15(2,3)4)23-14(20)11-8-10(18(21)22)6-7-12(11)16-5/h6-9,16H,1-5H3,(H,17,19)/t9-/m1/s1. The quantitative estimate of drug-likeness (QED) is 0.488. The molecule has 0 radical (unpaired) electrons. The number of non-ortho nitro benzene ring substituents is 1. The molecule has 0 aliphatic heterocycles. The van der Waals surface area contributed by atoms with Gasteiger partial charge in [-0.25, -0.2) is 4.79 Å². The van der Waals surface area contributed by atoms with Crippen molar-refractivity contribution in [3.63, 3.8) is 0 Å². The number of anilines is 1. The SMILES string of the molecule is CNc1ccc([N+](=O)[O-])cc1C(=O)O[C@H](C)C(=O)NC(C)(C)C. The summed E-state index contributed by atoms with van der Waals surface area (Å²) in [5.74, 6) is -1.25. The van der Waals surface area contributed by atoms with Crippen molar-refractivity contribution in [2.24, 2.45) is 0 Å². The van der Waals surface area contributed by atoms with Crippen molar-refractivity contribution in [1.82, 2.24) is 5.32 Å². The summed E-state index contributed by atoms with van der Waals surface area (Å²) in [5.41, 5.74) is -0.316. The van der Waals surface area contributed by atoms with Crippen LogP contribution in [0.5, 0.6) is 0 Å². The number of rotatable bonds is 5. The van der Waals surface area contributed by atoms with Gasteiger partial charge in [-0.1, -0.05) is 0 Å².